The van der Waals surface area contributed by atoms with Crippen LogP contribution in [-0.2, 0) is 10.8 Å². The standard InChI is InChI=1S/C56H39NO/c1-55(2)45-25-12-8-22-41(45)44-32-31-39(35-49(44)55)57(51-29-15-11-21-40(51)36-17-4-3-5-18-36)52-30-16-28-48-54(52)58-53-34-38-20-7-6-19-37(38)33-50(53)56(48)46-26-13-9-23-42(46)43-24-10-14-27-47(43)56/h3-35H,1-2H3. The number of hydrogen-bond acceptors (Lipinski definition) is 2. The molecule has 2 nitrogen and oxygen atoms in total. The lowest BCUT2D eigenvalue weighted by atomic mass is 9.65. The summed E-state index contributed by atoms with van der Waals surface area (Å²) in [5.74, 6) is 1.75. The SMILES string of the molecule is CC1(C)c2ccccc2-c2ccc(N(c3ccccc3-c3ccccc3)c3cccc4c3Oc3cc5ccccc5cc3C43c4ccccc4-c4ccccc43)cc21. The summed E-state index contributed by atoms with van der Waals surface area (Å²) >= 11 is 0. The zero-order chi connectivity index (χ0) is 38.6. The molecule has 9 aromatic carbocycles. The smallest absolute Gasteiger partial charge is 0.156 e. The predicted molar refractivity (Wildman–Crippen MR) is 239 cm³/mol. The largest absolute Gasteiger partial charge is 0.454 e. The number of hydrogen-bond donors (Lipinski definition) is 0. The molecular formula is C56H39NO. The lowest BCUT2D eigenvalue weighted by Gasteiger charge is -2.41. The van der Waals surface area contributed by atoms with Gasteiger partial charge in [-0.3, -0.25) is 0 Å². The first kappa shape index (κ1) is 33.0. The fraction of sp³-hybridized carbons (Fsp3) is 0.0714. The highest BCUT2D eigenvalue weighted by atomic mass is 16.5. The Kier molecular flexibility index (Phi) is 6.93. The maximum atomic E-state index is 7.45. The van der Waals surface area contributed by atoms with Crippen LogP contribution < -0.4 is 9.64 Å². The van der Waals surface area contributed by atoms with Gasteiger partial charge >= 0.3 is 0 Å². The average Bonchev–Trinajstić information content (AvgIpc) is 3.69. The summed E-state index contributed by atoms with van der Waals surface area (Å²) in [4.78, 5) is 2.45. The Balaban J connectivity index is 1.18. The Morgan fingerprint density at radius 2 is 0.914 bits per heavy atom. The highest BCUT2D eigenvalue weighted by Gasteiger charge is 2.52. The molecule has 2 aliphatic carbocycles. The van der Waals surface area contributed by atoms with Crippen LogP contribution >= 0.6 is 0 Å². The third-order valence-corrected chi connectivity index (χ3v) is 13.1. The van der Waals surface area contributed by atoms with Crippen LogP contribution in [0.5, 0.6) is 11.5 Å². The zero-order valence-electron chi connectivity index (χ0n) is 32.4. The topological polar surface area (TPSA) is 12.5 Å². The van der Waals surface area contributed by atoms with Crippen molar-refractivity contribution in [3.63, 3.8) is 0 Å². The van der Waals surface area contributed by atoms with Gasteiger partial charge in [0.15, 0.2) is 5.75 Å². The van der Waals surface area contributed by atoms with Crippen molar-refractivity contribution in [1.29, 1.82) is 0 Å². The Bertz CT molecular complexity index is 3090. The van der Waals surface area contributed by atoms with Crippen molar-refractivity contribution in [2.75, 3.05) is 4.90 Å². The van der Waals surface area contributed by atoms with Crippen molar-refractivity contribution in [1.82, 2.24) is 0 Å². The summed E-state index contributed by atoms with van der Waals surface area (Å²) in [5.41, 5.74) is 17.4. The molecule has 0 amide bonds. The van der Waals surface area contributed by atoms with Gasteiger partial charge in [0.1, 0.15) is 5.75 Å². The summed E-state index contributed by atoms with van der Waals surface area (Å²) in [6, 6.07) is 73.5. The molecule has 2 heteroatoms. The first-order valence-electron chi connectivity index (χ1n) is 20.3. The number of para-hydroxylation sites is 2. The first-order valence-corrected chi connectivity index (χ1v) is 20.3. The molecule has 9 aromatic rings. The molecule has 3 aliphatic rings. The number of nitrogens with zero attached hydrogens (tertiary/aromatic N) is 1. The molecule has 1 heterocycles. The Hall–Kier alpha value is -7.16. The summed E-state index contributed by atoms with van der Waals surface area (Å²) in [6.07, 6.45) is 0. The third-order valence-electron chi connectivity index (χ3n) is 13.1. The van der Waals surface area contributed by atoms with Crippen LogP contribution in [0.4, 0.5) is 17.1 Å². The highest BCUT2D eigenvalue weighted by molar-refractivity contribution is 5.97. The first-order chi connectivity index (χ1) is 28.5. The number of anilines is 3. The molecule has 0 radical (unpaired) electrons. The minimum Gasteiger partial charge on any atom is -0.454 e. The lowest BCUT2D eigenvalue weighted by Crippen LogP contribution is -2.32. The van der Waals surface area contributed by atoms with Crippen molar-refractivity contribution >= 4 is 27.8 Å². The summed E-state index contributed by atoms with van der Waals surface area (Å²) in [7, 11) is 0. The van der Waals surface area contributed by atoms with Gasteiger partial charge in [0.05, 0.1) is 16.8 Å². The van der Waals surface area contributed by atoms with Gasteiger partial charge in [-0.1, -0.05) is 178 Å². The van der Waals surface area contributed by atoms with E-state index in [1.807, 2.05) is 0 Å². The Labute approximate surface area is 339 Å². The fourth-order valence-electron chi connectivity index (χ4n) is 10.5. The van der Waals surface area contributed by atoms with E-state index in [1.54, 1.807) is 0 Å². The van der Waals surface area contributed by atoms with Crippen LogP contribution in [0.15, 0.2) is 200 Å². The molecule has 0 saturated carbocycles. The monoisotopic (exact) mass is 741 g/mol. The van der Waals surface area contributed by atoms with Crippen LogP contribution in [0.25, 0.3) is 44.2 Å². The Morgan fingerprint density at radius 1 is 0.379 bits per heavy atom. The molecule has 0 bridgehead atoms. The number of benzene rings is 9. The molecule has 0 fully saturated rings. The van der Waals surface area contributed by atoms with Crippen molar-refractivity contribution in [2.24, 2.45) is 0 Å². The van der Waals surface area contributed by atoms with Gasteiger partial charge in [-0.2, -0.15) is 0 Å². The third kappa shape index (κ3) is 4.43. The molecule has 1 aliphatic heterocycles. The maximum absolute atomic E-state index is 7.45. The molecule has 0 N–H and O–H groups in total. The van der Waals surface area contributed by atoms with Gasteiger partial charge in [0.25, 0.3) is 0 Å². The average molecular weight is 742 g/mol. The van der Waals surface area contributed by atoms with Gasteiger partial charge in [0, 0.05) is 27.8 Å². The predicted octanol–water partition coefficient (Wildman–Crippen LogP) is 14.8. The summed E-state index contributed by atoms with van der Waals surface area (Å²) < 4.78 is 7.45. The van der Waals surface area contributed by atoms with Gasteiger partial charge < -0.3 is 9.64 Å². The van der Waals surface area contributed by atoms with E-state index in [0.717, 1.165) is 50.6 Å². The van der Waals surface area contributed by atoms with Crippen molar-refractivity contribution in [3.8, 4) is 44.9 Å². The van der Waals surface area contributed by atoms with E-state index in [0.29, 0.717) is 0 Å². The minimum absolute atomic E-state index is 0.166. The number of ether oxygens (including phenoxy) is 1. The molecule has 274 valence electrons. The minimum atomic E-state index is -0.609. The second-order valence-corrected chi connectivity index (χ2v) is 16.4. The van der Waals surface area contributed by atoms with Crippen molar-refractivity contribution in [2.45, 2.75) is 24.7 Å². The van der Waals surface area contributed by atoms with E-state index in [9.17, 15) is 0 Å². The molecule has 12 rings (SSSR count). The van der Waals surface area contributed by atoms with E-state index in [4.69, 9.17) is 4.74 Å². The van der Waals surface area contributed by atoms with Crippen LogP contribution in [0.2, 0.25) is 0 Å². The van der Waals surface area contributed by atoms with E-state index < -0.39 is 5.41 Å². The number of fused-ring (bicyclic) bond motifs is 13. The van der Waals surface area contributed by atoms with Crippen molar-refractivity contribution in [3.05, 3.63) is 234 Å². The molecule has 1 spiro atoms. The van der Waals surface area contributed by atoms with Crippen molar-refractivity contribution < 1.29 is 4.74 Å². The molecule has 58 heavy (non-hydrogen) atoms. The molecule has 0 saturated heterocycles. The van der Waals surface area contributed by atoms with Crippen LogP contribution in [0, 0.1) is 0 Å². The van der Waals surface area contributed by atoms with Crippen LogP contribution in [0.1, 0.15) is 47.2 Å². The Morgan fingerprint density at radius 3 is 1.64 bits per heavy atom. The second kappa shape index (κ2) is 12.2. The summed E-state index contributed by atoms with van der Waals surface area (Å²) in [5, 5.41) is 2.36. The van der Waals surface area contributed by atoms with E-state index in [-0.39, 0.29) is 5.41 Å². The second-order valence-electron chi connectivity index (χ2n) is 16.4. The maximum Gasteiger partial charge on any atom is 0.156 e. The summed E-state index contributed by atoms with van der Waals surface area (Å²) in [6.45, 7) is 4.72. The molecule has 0 aromatic heterocycles. The molecule has 0 unspecified atom stereocenters. The molecular weight excluding hydrogens is 703 g/mol. The number of rotatable bonds is 4. The zero-order valence-corrected chi connectivity index (χ0v) is 32.4. The fourth-order valence-corrected chi connectivity index (χ4v) is 10.5. The van der Waals surface area contributed by atoms with Crippen LogP contribution in [0.3, 0.4) is 0 Å². The lowest BCUT2D eigenvalue weighted by molar-refractivity contribution is 0.438. The quantitative estimate of drug-likeness (QED) is 0.178. The highest BCUT2D eigenvalue weighted by Crippen LogP contribution is 2.64. The van der Waals surface area contributed by atoms with Gasteiger partial charge in [-0.25, -0.2) is 0 Å². The van der Waals surface area contributed by atoms with Gasteiger partial charge in [-0.05, 0) is 97.2 Å². The van der Waals surface area contributed by atoms with E-state index >= 15 is 0 Å². The normalized spacial score (nSPS) is 14.4. The van der Waals surface area contributed by atoms with E-state index in [2.05, 4.69) is 219 Å². The van der Waals surface area contributed by atoms with Gasteiger partial charge in [-0.15, -0.1) is 0 Å². The molecule has 0 atom stereocenters. The van der Waals surface area contributed by atoms with Crippen LogP contribution in [-0.4, -0.2) is 0 Å². The van der Waals surface area contributed by atoms with E-state index in [1.165, 1.54) is 55.5 Å². The van der Waals surface area contributed by atoms with Gasteiger partial charge in [0.2, 0.25) is 0 Å².